The van der Waals surface area contributed by atoms with Gasteiger partial charge in [0.25, 0.3) is 0 Å². The van der Waals surface area contributed by atoms with Gasteiger partial charge in [0, 0.05) is 25.3 Å². The van der Waals surface area contributed by atoms with Gasteiger partial charge in [-0.15, -0.1) is 0 Å². The molecule has 31 heavy (non-hydrogen) atoms. The quantitative estimate of drug-likeness (QED) is 0.812. The lowest BCUT2D eigenvalue weighted by Gasteiger charge is -2.40. The van der Waals surface area contributed by atoms with E-state index in [-0.39, 0.29) is 24.4 Å². The van der Waals surface area contributed by atoms with E-state index in [0.717, 1.165) is 49.2 Å². The average molecular weight is 420 g/mol. The van der Waals surface area contributed by atoms with Gasteiger partial charge in [0.15, 0.2) is 0 Å². The summed E-state index contributed by atoms with van der Waals surface area (Å²) >= 11 is 0. The summed E-state index contributed by atoms with van der Waals surface area (Å²) in [6.45, 7) is 8.83. The maximum absolute atomic E-state index is 13.6. The fourth-order valence-electron chi connectivity index (χ4n) is 4.81. The van der Waals surface area contributed by atoms with E-state index in [1.807, 2.05) is 43.0 Å². The smallest absolute Gasteiger partial charge is 0.244 e. The number of anilines is 1. The molecule has 2 heterocycles. The van der Waals surface area contributed by atoms with Crippen LogP contribution in [0.5, 0.6) is 0 Å². The monoisotopic (exact) mass is 419 g/mol. The highest BCUT2D eigenvalue weighted by molar-refractivity contribution is 5.94. The van der Waals surface area contributed by atoms with Crippen molar-refractivity contribution in [3.63, 3.8) is 0 Å². The number of hydrogen-bond donors (Lipinski definition) is 1. The van der Waals surface area contributed by atoms with Crippen LogP contribution in [0.2, 0.25) is 0 Å². The standard InChI is InChI=1S/C26H33N3O2/c1-18-10-13-28(14-11-18)26(31)25-22-7-5-4-6-21(22)12-15-29(25)17-24(30)27-23-9-8-19(2)16-20(23)3/h4-9,16,18,25H,10-15,17H2,1-3H3,(H,27,30)/t25-/m0/s1. The Morgan fingerprint density at radius 2 is 1.77 bits per heavy atom. The number of rotatable bonds is 4. The fraction of sp³-hybridized carbons (Fsp3) is 0.462. The second kappa shape index (κ2) is 9.23. The summed E-state index contributed by atoms with van der Waals surface area (Å²) in [5.41, 5.74) is 5.33. The molecule has 4 rings (SSSR count). The molecule has 0 unspecified atom stereocenters. The molecule has 0 bridgehead atoms. The van der Waals surface area contributed by atoms with E-state index in [4.69, 9.17) is 0 Å². The molecule has 2 aliphatic rings. The molecular weight excluding hydrogens is 386 g/mol. The molecule has 0 aromatic heterocycles. The first-order chi connectivity index (χ1) is 14.9. The molecule has 5 nitrogen and oxygen atoms in total. The predicted molar refractivity (Wildman–Crippen MR) is 124 cm³/mol. The van der Waals surface area contributed by atoms with Crippen molar-refractivity contribution in [1.29, 1.82) is 0 Å². The summed E-state index contributed by atoms with van der Waals surface area (Å²) in [6, 6.07) is 13.8. The number of fused-ring (bicyclic) bond motifs is 1. The average Bonchev–Trinajstić information content (AvgIpc) is 2.75. The third kappa shape index (κ3) is 4.82. The lowest BCUT2D eigenvalue weighted by Crippen LogP contribution is -2.50. The highest BCUT2D eigenvalue weighted by atomic mass is 16.2. The van der Waals surface area contributed by atoms with Crippen LogP contribution < -0.4 is 5.32 Å². The number of nitrogens with zero attached hydrogens (tertiary/aromatic N) is 2. The van der Waals surface area contributed by atoms with Gasteiger partial charge in [-0.05, 0) is 61.8 Å². The lowest BCUT2D eigenvalue weighted by atomic mass is 9.90. The Bertz CT molecular complexity index is 963. The molecule has 1 fully saturated rings. The number of aryl methyl sites for hydroxylation is 2. The van der Waals surface area contributed by atoms with Gasteiger partial charge in [-0.3, -0.25) is 14.5 Å². The van der Waals surface area contributed by atoms with Crippen molar-refractivity contribution in [2.45, 2.75) is 46.1 Å². The maximum Gasteiger partial charge on any atom is 0.244 e. The highest BCUT2D eigenvalue weighted by Crippen LogP contribution is 2.32. The number of carbonyl (C=O) groups excluding carboxylic acids is 2. The predicted octanol–water partition coefficient (Wildman–Crippen LogP) is 4.10. The first-order valence-electron chi connectivity index (χ1n) is 11.4. The Morgan fingerprint density at radius 3 is 2.52 bits per heavy atom. The first kappa shape index (κ1) is 21.6. The second-order valence-electron chi connectivity index (χ2n) is 9.20. The number of likely N-dealkylation sites (tertiary alicyclic amines) is 1. The summed E-state index contributed by atoms with van der Waals surface area (Å²) < 4.78 is 0. The number of hydrogen-bond acceptors (Lipinski definition) is 3. The van der Waals surface area contributed by atoms with Gasteiger partial charge in [0.05, 0.1) is 6.54 Å². The molecule has 2 aromatic rings. The fourth-order valence-corrected chi connectivity index (χ4v) is 4.81. The Kier molecular flexibility index (Phi) is 6.42. The van der Waals surface area contributed by atoms with Gasteiger partial charge in [0.1, 0.15) is 6.04 Å². The molecule has 164 valence electrons. The van der Waals surface area contributed by atoms with Crippen molar-refractivity contribution in [2.24, 2.45) is 5.92 Å². The van der Waals surface area contributed by atoms with Crippen LogP contribution in [-0.4, -0.2) is 47.8 Å². The molecule has 2 amide bonds. The summed E-state index contributed by atoms with van der Waals surface area (Å²) in [6.07, 6.45) is 2.95. The van der Waals surface area contributed by atoms with Gasteiger partial charge in [-0.25, -0.2) is 0 Å². The molecule has 5 heteroatoms. The zero-order chi connectivity index (χ0) is 22.0. The van der Waals surface area contributed by atoms with E-state index in [2.05, 4.69) is 35.3 Å². The van der Waals surface area contributed by atoms with Crippen molar-refractivity contribution < 1.29 is 9.59 Å². The van der Waals surface area contributed by atoms with Gasteiger partial charge in [-0.1, -0.05) is 48.9 Å². The summed E-state index contributed by atoms with van der Waals surface area (Å²) in [7, 11) is 0. The van der Waals surface area contributed by atoms with Crippen LogP contribution in [0.3, 0.4) is 0 Å². The van der Waals surface area contributed by atoms with Crippen LogP contribution in [-0.2, 0) is 16.0 Å². The van der Waals surface area contributed by atoms with Crippen LogP contribution in [0, 0.1) is 19.8 Å². The molecule has 0 spiro atoms. The van der Waals surface area contributed by atoms with Gasteiger partial charge in [0.2, 0.25) is 11.8 Å². The van der Waals surface area contributed by atoms with Gasteiger partial charge < -0.3 is 10.2 Å². The van der Waals surface area contributed by atoms with Crippen LogP contribution in [0.25, 0.3) is 0 Å². The molecular formula is C26H33N3O2. The lowest BCUT2D eigenvalue weighted by molar-refractivity contribution is -0.139. The van der Waals surface area contributed by atoms with E-state index >= 15 is 0 Å². The van der Waals surface area contributed by atoms with Crippen molar-refractivity contribution in [1.82, 2.24) is 9.80 Å². The van der Waals surface area contributed by atoms with E-state index < -0.39 is 0 Å². The van der Waals surface area contributed by atoms with Crippen LogP contribution in [0.15, 0.2) is 42.5 Å². The van der Waals surface area contributed by atoms with Crippen molar-refractivity contribution in [3.05, 3.63) is 64.7 Å². The molecule has 0 saturated carbocycles. The molecule has 0 aliphatic carbocycles. The molecule has 2 aliphatic heterocycles. The summed E-state index contributed by atoms with van der Waals surface area (Å²) in [5, 5.41) is 3.05. The zero-order valence-electron chi connectivity index (χ0n) is 18.9. The first-order valence-corrected chi connectivity index (χ1v) is 11.4. The second-order valence-corrected chi connectivity index (χ2v) is 9.20. The van der Waals surface area contributed by atoms with Crippen LogP contribution >= 0.6 is 0 Å². The van der Waals surface area contributed by atoms with Crippen molar-refractivity contribution >= 4 is 17.5 Å². The third-order valence-electron chi connectivity index (χ3n) is 6.72. The van der Waals surface area contributed by atoms with E-state index in [1.165, 1.54) is 11.1 Å². The Labute approximate surface area is 185 Å². The molecule has 0 radical (unpaired) electrons. The minimum absolute atomic E-state index is 0.0728. The van der Waals surface area contributed by atoms with E-state index in [1.54, 1.807) is 0 Å². The number of carbonyl (C=O) groups is 2. The number of benzene rings is 2. The number of amides is 2. The van der Waals surface area contributed by atoms with Crippen LogP contribution in [0.1, 0.15) is 48.1 Å². The van der Waals surface area contributed by atoms with E-state index in [9.17, 15) is 9.59 Å². The molecule has 1 N–H and O–H groups in total. The zero-order valence-corrected chi connectivity index (χ0v) is 18.9. The van der Waals surface area contributed by atoms with Gasteiger partial charge in [-0.2, -0.15) is 0 Å². The topological polar surface area (TPSA) is 52.7 Å². The maximum atomic E-state index is 13.6. The van der Waals surface area contributed by atoms with Gasteiger partial charge >= 0.3 is 0 Å². The SMILES string of the molecule is Cc1ccc(NC(=O)CN2CCc3ccccc3[C@H]2C(=O)N2CCC(C)CC2)c(C)c1. The van der Waals surface area contributed by atoms with Crippen molar-refractivity contribution in [3.8, 4) is 0 Å². The molecule has 2 aromatic carbocycles. The third-order valence-corrected chi connectivity index (χ3v) is 6.72. The largest absolute Gasteiger partial charge is 0.341 e. The number of piperidine rings is 1. The minimum Gasteiger partial charge on any atom is -0.341 e. The van der Waals surface area contributed by atoms with Crippen LogP contribution in [0.4, 0.5) is 5.69 Å². The minimum atomic E-state index is -0.386. The van der Waals surface area contributed by atoms with Crippen molar-refractivity contribution in [2.75, 3.05) is 31.5 Å². The summed E-state index contributed by atoms with van der Waals surface area (Å²) in [4.78, 5) is 30.6. The summed E-state index contributed by atoms with van der Waals surface area (Å²) in [5.74, 6) is 0.733. The Morgan fingerprint density at radius 1 is 1.03 bits per heavy atom. The molecule has 1 atom stereocenters. The molecule has 1 saturated heterocycles. The number of nitrogens with one attached hydrogen (secondary N) is 1. The Balaban J connectivity index is 1.53. The Hall–Kier alpha value is -2.66. The normalized spacial score (nSPS) is 19.7. The highest BCUT2D eigenvalue weighted by Gasteiger charge is 2.37. The van der Waals surface area contributed by atoms with E-state index in [0.29, 0.717) is 12.5 Å².